The van der Waals surface area contributed by atoms with Gasteiger partial charge in [0.2, 0.25) is 0 Å². The molecule has 6 nitrogen and oxygen atoms in total. The summed E-state index contributed by atoms with van der Waals surface area (Å²) in [6, 6.07) is 2.05. The Hall–Kier alpha value is -2.42. The number of carbonyl (C=O) groups is 1. The Morgan fingerprint density at radius 1 is 1.24 bits per heavy atom. The summed E-state index contributed by atoms with van der Waals surface area (Å²) in [5, 5.41) is 7.25. The SMILES string of the molecule is Cc1nc(C(F)(F)F)ccc1C(=O)N[C@@H]1CCCN(Cc2cnn(C)c2C)CC1. The van der Waals surface area contributed by atoms with E-state index in [9.17, 15) is 18.0 Å². The van der Waals surface area contributed by atoms with Crippen LogP contribution in [0.25, 0.3) is 0 Å². The molecule has 2 aromatic heterocycles. The second kappa shape index (κ2) is 8.52. The molecule has 1 aliphatic heterocycles. The number of hydrogen-bond acceptors (Lipinski definition) is 4. The minimum Gasteiger partial charge on any atom is -0.349 e. The average molecular weight is 409 g/mol. The van der Waals surface area contributed by atoms with E-state index in [1.807, 2.05) is 24.9 Å². The fraction of sp³-hybridized carbons (Fsp3) is 0.550. The summed E-state index contributed by atoms with van der Waals surface area (Å²) >= 11 is 0. The van der Waals surface area contributed by atoms with Crippen LogP contribution >= 0.6 is 0 Å². The van der Waals surface area contributed by atoms with Crippen molar-refractivity contribution in [3.63, 3.8) is 0 Å². The monoisotopic (exact) mass is 409 g/mol. The number of carbonyl (C=O) groups excluding carboxylic acids is 1. The van der Waals surface area contributed by atoms with E-state index in [0.29, 0.717) is 0 Å². The Morgan fingerprint density at radius 3 is 2.62 bits per heavy atom. The third-order valence-electron chi connectivity index (χ3n) is 5.51. The maximum Gasteiger partial charge on any atom is 0.433 e. The molecule has 0 radical (unpaired) electrons. The molecule has 1 N–H and O–H groups in total. The molecule has 1 aliphatic rings. The highest BCUT2D eigenvalue weighted by Crippen LogP contribution is 2.28. The molecule has 1 fully saturated rings. The number of alkyl halides is 3. The normalized spacial score (nSPS) is 18.5. The zero-order valence-electron chi connectivity index (χ0n) is 16.9. The van der Waals surface area contributed by atoms with Gasteiger partial charge in [0.1, 0.15) is 5.69 Å². The molecule has 0 unspecified atom stereocenters. The largest absolute Gasteiger partial charge is 0.433 e. The van der Waals surface area contributed by atoms with Gasteiger partial charge in [0, 0.05) is 37.4 Å². The van der Waals surface area contributed by atoms with Gasteiger partial charge >= 0.3 is 6.18 Å². The smallest absolute Gasteiger partial charge is 0.349 e. The maximum atomic E-state index is 12.8. The summed E-state index contributed by atoms with van der Waals surface area (Å²) in [5.74, 6) is -0.370. The zero-order valence-corrected chi connectivity index (χ0v) is 16.9. The van der Waals surface area contributed by atoms with Gasteiger partial charge < -0.3 is 5.32 Å². The van der Waals surface area contributed by atoms with E-state index < -0.39 is 11.9 Å². The topological polar surface area (TPSA) is 63.1 Å². The summed E-state index contributed by atoms with van der Waals surface area (Å²) < 4.78 is 40.2. The lowest BCUT2D eigenvalue weighted by Crippen LogP contribution is -2.36. The third kappa shape index (κ3) is 5.14. The van der Waals surface area contributed by atoms with Gasteiger partial charge in [0.15, 0.2) is 0 Å². The molecule has 1 amide bonds. The zero-order chi connectivity index (χ0) is 21.2. The summed E-state index contributed by atoms with van der Waals surface area (Å²) in [7, 11) is 1.92. The summed E-state index contributed by atoms with van der Waals surface area (Å²) in [4.78, 5) is 18.5. The van der Waals surface area contributed by atoms with Crippen LogP contribution in [0.15, 0.2) is 18.3 Å². The van der Waals surface area contributed by atoms with Gasteiger partial charge in [-0.1, -0.05) is 0 Å². The number of halogens is 3. The molecule has 1 saturated heterocycles. The van der Waals surface area contributed by atoms with Gasteiger partial charge in [0.25, 0.3) is 5.91 Å². The van der Waals surface area contributed by atoms with Crippen LogP contribution in [-0.4, -0.2) is 44.7 Å². The summed E-state index contributed by atoms with van der Waals surface area (Å²) in [6.07, 6.45) is -0.0644. The van der Waals surface area contributed by atoms with E-state index >= 15 is 0 Å². The average Bonchev–Trinajstić information content (AvgIpc) is 2.83. The van der Waals surface area contributed by atoms with Gasteiger partial charge in [-0.05, 0) is 51.8 Å². The molecule has 1 atom stereocenters. The number of hydrogen-bond donors (Lipinski definition) is 1. The Morgan fingerprint density at radius 2 is 2.00 bits per heavy atom. The number of nitrogens with one attached hydrogen (secondary N) is 1. The molecule has 0 bridgehead atoms. The van der Waals surface area contributed by atoms with Crippen LogP contribution < -0.4 is 5.32 Å². The van der Waals surface area contributed by atoms with Gasteiger partial charge in [0.05, 0.1) is 17.5 Å². The fourth-order valence-corrected chi connectivity index (χ4v) is 3.62. The molecule has 0 aliphatic carbocycles. The number of aryl methyl sites for hydroxylation is 2. The van der Waals surface area contributed by atoms with Crippen molar-refractivity contribution >= 4 is 5.91 Å². The van der Waals surface area contributed by atoms with Gasteiger partial charge in [-0.25, -0.2) is 4.98 Å². The van der Waals surface area contributed by atoms with Crippen LogP contribution in [0, 0.1) is 13.8 Å². The van der Waals surface area contributed by atoms with Crippen LogP contribution in [-0.2, 0) is 19.8 Å². The number of pyridine rings is 1. The van der Waals surface area contributed by atoms with Gasteiger partial charge in [-0.2, -0.15) is 18.3 Å². The lowest BCUT2D eigenvalue weighted by atomic mass is 10.1. The number of amides is 1. The van der Waals surface area contributed by atoms with Crippen molar-refractivity contribution < 1.29 is 18.0 Å². The fourth-order valence-electron chi connectivity index (χ4n) is 3.62. The van der Waals surface area contributed by atoms with Crippen LogP contribution in [0.3, 0.4) is 0 Å². The van der Waals surface area contributed by atoms with Gasteiger partial charge in [-0.15, -0.1) is 0 Å². The Bertz CT molecular complexity index is 877. The first kappa shape index (κ1) is 21.3. The molecular formula is C20H26F3N5O. The lowest BCUT2D eigenvalue weighted by molar-refractivity contribution is -0.141. The minimum atomic E-state index is -4.52. The van der Waals surface area contributed by atoms with Crippen LogP contribution in [0.1, 0.15) is 52.3 Å². The molecule has 0 saturated carbocycles. The van der Waals surface area contributed by atoms with Gasteiger partial charge in [-0.3, -0.25) is 14.4 Å². The van der Waals surface area contributed by atoms with E-state index in [2.05, 4.69) is 20.3 Å². The number of rotatable bonds is 4. The first-order chi connectivity index (χ1) is 13.6. The van der Waals surface area contributed by atoms with Crippen molar-refractivity contribution in [3.8, 4) is 0 Å². The molecule has 158 valence electrons. The van der Waals surface area contributed by atoms with E-state index in [1.54, 1.807) is 0 Å². The number of likely N-dealkylation sites (tertiary alicyclic amines) is 1. The predicted octanol–water partition coefficient (Wildman–Crippen LogP) is 3.24. The standard InChI is InChI=1S/C20H26F3N5O/c1-13-17(6-7-18(25-13)20(21,22)23)19(29)26-16-5-4-9-28(10-8-16)12-15-11-24-27(3)14(15)2/h6-7,11,16H,4-5,8-10,12H2,1-3H3,(H,26,29)/t16-/m1/s1. The Labute approximate surface area is 168 Å². The molecule has 0 aromatic carbocycles. The maximum absolute atomic E-state index is 12.8. The molecule has 29 heavy (non-hydrogen) atoms. The molecular weight excluding hydrogens is 383 g/mol. The van der Waals surface area contributed by atoms with Crippen molar-refractivity contribution in [1.82, 2.24) is 25.0 Å². The van der Waals surface area contributed by atoms with Crippen molar-refractivity contribution in [3.05, 3.63) is 46.5 Å². The minimum absolute atomic E-state index is 0.0100. The predicted molar refractivity (Wildman–Crippen MR) is 102 cm³/mol. The van der Waals surface area contributed by atoms with Crippen molar-refractivity contribution in [2.45, 2.75) is 51.9 Å². The Balaban J connectivity index is 1.58. The van der Waals surface area contributed by atoms with E-state index in [4.69, 9.17) is 0 Å². The Kier molecular flexibility index (Phi) is 6.26. The molecule has 9 heteroatoms. The lowest BCUT2D eigenvalue weighted by Gasteiger charge is -2.20. The number of aromatic nitrogens is 3. The second-order valence-electron chi connectivity index (χ2n) is 7.58. The highest BCUT2D eigenvalue weighted by molar-refractivity contribution is 5.95. The third-order valence-corrected chi connectivity index (χ3v) is 5.51. The number of nitrogens with zero attached hydrogens (tertiary/aromatic N) is 4. The highest BCUT2D eigenvalue weighted by atomic mass is 19.4. The highest BCUT2D eigenvalue weighted by Gasteiger charge is 2.33. The van der Waals surface area contributed by atoms with Crippen LogP contribution in [0.5, 0.6) is 0 Å². The second-order valence-corrected chi connectivity index (χ2v) is 7.58. The first-order valence-electron chi connectivity index (χ1n) is 9.70. The molecule has 3 rings (SSSR count). The van der Waals surface area contributed by atoms with E-state index in [-0.39, 0.29) is 23.2 Å². The summed E-state index contributed by atoms with van der Waals surface area (Å²) in [5.41, 5.74) is 1.62. The van der Waals surface area contributed by atoms with E-state index in [1.165, 1.54) is 18.6 Å². The van der Waals surface area contributed by atoms with Crippen molar-refractivity contribution in [2.75, 3.05) is 13.1 Å². The van der Waals surface area contributed by atoms with Crippen LogP contribution in [0.2, 0.25) is 0 Å². The molecule has 3 heterocycles. The quantitative estimate of drug-likeness (QED) is 0.842. The summed E-state index contributed by atoms with van der Waals surface area (Å²) in [6.45, 7) is 6.06. The first-order valence-corrected chi connectivity index (χ1v) is 9.70. The van der Waals surface area contributed by atoms with Crippen LogP contribution in [0.4, 0.5) is 13.2 Å². The molecule has 0 spiro atoms. The van der Waals surface area contributed by atoms with Crippen molar-refractivity contribution in [2.24, 2.45) is 7.05 Å². The van der Waals surface area contributed by atoms with Crippen molar-refractivity contribution in [1.29, 1.82) is 0 Å². The molecule has 2 aromatic rings. The van der Waals surface area contributed by atoms with E-state index in [0.717, 1.165) is 50.7 Å².